The molecule has 0 fully saturated rings. The van der Waals surface area contributed by atoms with Gasteiger partial charge in [0.05, 0.1) is 11.6 Å². The van der Waals surface area contributed by atoms with Gasteiger partial charge in [-0.05, 0) is 37.0 Å². The van der Waals surface area contributed by atoms with Crippen molar-refractivity contribution in [3.8, 4) is 36.1 Å². The first-order valence-corrected chi connectivity index (χ1v) is 9.12. The third kappa shape index (κ3) is 4.43. The van der Waals surface area contributed by atoms with E-state index in [1.54, 1.807) is 30.7 Å². The number of allylic oxidation sites excluding steroid dienone is 4. The van der Waals surface area contributed by atoms with Gasteiger partial charge in [0.1, 0.15) is 11.8 Å². The Hall–Kier alpha value is -4.21. The predicted octanol–water partition coefficient (Wildman–Crippen LogP) is 5.16. The van der Waals surface area contributed by atoms with E-state index < -0.39 is 5.91 Å². The number of hydrogen-bond donors (Lipinski definition) is 0. The Bertz CT molecular complexity index is 1120. The number of amides is 1. The Morgan fingerprint density at radius 1 is 1.23 bits per heavy atom. The maximum Gasteiger partial charge on any atom is 0.333 e. The molecule has 2 rings (SSSR count). The second kappa shape index (κ2) is 11.0. The molecule has 0 bridgehead atoms. The molecule has 0 radical (unpaired) electrons. The van der Waals surface area contributed by atoms with Crippen LogP contribution in [-0.4, -0.2) is 10.5 Å². The molecule has 0 saturated heterocycles. The molecule has 2 aromatic rings. The standard InChI is InChI=1S/C22H20N4O2.C2H2/c1-5-7-17(14(3)12-23)15-8-10-16(11-9-15)20-18(13-24)19(6-2)26(4)21(20)22(27)25-28;1-2/h5,7-11H,6H2,1-4H3;1-2H/b7-5-,17-14-;. The Kier molecular flexibility index (Phi) is 8.70. The van der Waals surface area contributed by atoms with E-state index in [0.717, 1.165) is 11.1 Å². The number of aromatic nitrogens is 1. The van der Waals surface area contributed by atoms with Crippen molar-refractivity contribution in [3.63, 3.8) is 0 Å². The van der Waals surface area contributed by atoms with Crippen molar-refractivity contribution in [2.75, 3.05) is 0 Å². The predicted molar refractivity (Wildman–Crippen MR) is 118 cm³/mol. The maximum absolute atomic E-state index is 12.2. The van der Waals surface area contributed by atoms with Crippen LogP contribution < -0.4 is 0 Å². The SMILES string of the molecule is C#C.C/C=C\C(=C(/C)C#N)c1ccc(-c2c(C#N)c(CC)n(C)c2C(=O)N=O)cc1. The lowest BCUT2D eigenvalue weighted by Crippen LogP contribution is -2.06. The van der Waals surface area contributed by atoms with Gasteiger partial charge in [0.15, 0.2) is 0 Å². The summed E-state index contributed by atoms with van der Waals surface area (Å²) in [6.45, 7) is 5.50. The van der Waals surface area contributed by atoms with E-state index in [4.69, 9.17) is 0 Å². The van der Waals surface area contributed by atoms with Crippen LogP contribution in [0.5, 0.6) is 0 Å². The molecule has 6 heteroatoms. The Labute approximate surface area is 176 Å². The lowest BCUT2D eigenvalue weighted by molar-refractivity contribution is 0.0993. The number of nitrogens with zero attached hydrogens (tertiary/aromatic N) is 4. The fraction of sp³-hybridized carbons (Fsp3) is 0.208. The minimum absolute atomic E-state index is 0.105. The van der Waals surface area contributed by atoms with Crippen LogP contribution in [0, 0.1) is 40.4 Å². The zero-order chi connectivity index (χ0) is 22.8. The summed E-state index contributed by atoms with van der Waals surface area (Å²) in [5, 5.41) is 21.4. The topological polar surface area (TPSA) is 99.0 Å². The van der Waals surface area contributed by atoms with Gasteiger partial charge in [0.2, 0.25) is 0 Å². The number of nitroso groups, excluding NO2 is 1. The van der Waals surface area contributed by atoms with Crippen LogP contribution in [0.2, 0.25) is 0 Å². The molecule has 0 spiro atoms. The molecule has 0 aliphatic rings. The average Bonchev–Trinajstić information content (AvgIpc) is 3.09. The van der Waals surface area contributed by atoms with Crippen molar-refractivity contribution in [2.45, 2.75) is 27.2 Å². The number of rotatable bonds is 5. The Balaban J connectivity index is 0.00000218. The quantitative estimate of drug-likeness (QED) is 0.301. The van der Waals surface area contributed by atoms with Crippen molar-refractivity contribution in [3.05, 3.63) is 69.4 Å². The van der Waals surface area contributed by atoms with E-state index in [2.05, 4.69) is 30.2 Å². The highest BCUT2D eigenvalue weighted by Crippen LogP contribution is 2.34. The summed E-state index contributed by atoms with van der Waals surface area (Å²) >= 11 is 0. The van der Waals surface area contributed by atoms with Crippen LogP contribution in [0.1, 0.15) is 48.1 Å². The molecule has 1 aromatic heterocycles. The van der Waals surface area contributed by atoms with Gasteiger partial charge in [-0.25, -0.2) is 0 Å². The Morgan fingerprint density at radius 3 is 2.27 bits per heavy atom. The van der Waals surface area contributed by atoms with E-state index in [1.807, 2.05) is 38.1 Å². The normalized spacial score (nSPS) is 10.9. The van der Waals surface area contributed by atoms with Gasteiger partial charge >= 0.3 is 5.91 Å². The highest BCUT2D eigenvalue weighted by atomic mass is 16.3. The first kappa shape index (κ1) is 23.8. The second-order valence-electron chi connectivity index (χ2n) is 6.19. The molecule has 1 heterocycles. The maximum atomic E-state index is 12.2. The summed E-state index contributed by atoms with van der Waals surface area (Å²) in [7, 11) is 1.65. The minimum Gasteiger partial charge on any atom is -0.342 e. The smallest absolute Gasteiger partial charge is 0.333 e. The number of terminal acetylenes is 1. The number of hydrogen-bond acceptors (Lipinski definition) is 4. The van der Waals surface area contributed by atoms with Gasteiger partial charge in [0.25, 0.3) is 0 Å². The second-order valence-corrected chi connectivity index (χ2v) is 6.19. The lowest BCUT2D eigenvalue weighted by Gasteiger charge is -2.08. The summed E-state index contributed by atoms with van der Waals surface area (Å²) < 4.78 is 1.57. The van der Waals surface area contributed by atoms with Gasteiger partial charge < -0.3 is 4.57 Å². The third-order valence-electron chi connectivity index (χ3n) is 4.64. The zero-order valence-corrected chi connectivity index (χ0v) is 17.4. The summed E-state index contributed by atoms with van der Waals surface area (Å²) in [4.78, 5) is 23.1. The van der Waals surface area contributed by atoms with E-state index >= 15 is 0 Å². The molecular formula is C24H22N4O2. The molecule has 0 aliphatic carbocycles. The van der Waals surface area contributed by atoms with E-state index in [0.29, 0.717) is 34.4 Å². The van der Waals surface area contributed by atoms with E-state index in [-0.39, 0.29) is 5.69 Å². The van der Waals surface area contributed by atoms with Crippen LogP contribution >= 0.6 is 0 Å². The summed E-state index contributed by atoms with van der Waals surface area (Å²) in [5.74, 6) is -0.910. The molecule has 1 aromatic carbocycles. The number of nitriles is 2. The lowest BCUT2D eigenvalue weighted by atomic mass is 9.95. The number of benzene rings is 1. The van der Waals surface area contributed by atoms with Gasteiger partial charge in [-0.1, -0.05) is 43.3 Å². The first-order valence-electron chi connectivity index (χ1n) is 9.12. The minimum atomic E-state index is -0.910. The number of carbonyl (C=O) groups excluding carboxylic acids is 1. The molecular weight excluding hydrogens is 376 g/mol. The molecule has 0 unspecified atom stereocenters. The van der Waals surface area contributed by atoms with Crippen LogP contribution in [0.4, 0.5) is 0 Å². The van der Waals surface area contributed by atoms with Crippen molar-refractivity contribution >= 4 is 11.5 Å². The molecule has 0 N–H and O–H groups in total. The molecule has 0 saturated carbocycles. The highest BCUT2D eigenvalue weighted by molar-refractivity contribution is 6.02. The molecule has 30 heavy (non-hydrogen) atoms. The van der Waals surface area contributed by atoms with E-state index in [9.17, 15) is 20.2 Å². The highest BCUT2D eigenvalue weighted by Gasteiger charge is 2.26. The fourth-order valence-corrected chi connectivity index (χ4v) is 3.32. The van der Waals surface area contributed by atoms with Gasteiger partial charge in [-0.3, -0.25) is 4.79 Å². The van der Waals surface area contributed by atoms with Gasteiger partial charge in [-0.2, -0.15) is 10.5 Å². The summed E-state index contributed by atoms with van der Waals surface area (Å²) in [5.41, 5.74) is 4.40. The molecule has 6 nitrogen and oxygen atoms in total. The van der Waals surface area contributed by atoms with Crippen molar-refractivity contribution < 1.29 is 4.79 Å². The summed E-state index contributed by atoms with van der Waals surface area (Å²) in [6.07, 6.45) is 12.2. The number of carbonyl (C=O) groups is 1. The van der Waals surface area contributed by atoms with E-state index in [1.165, 1.54) is 0 Å². The third-order valence-corrected chi connectivity index (χ3v) is 4.64. The average molecular weight is 398 g/mol. The van der Waals surface area contributed by atoms with Gasteiger partial charge in [0, 0.05) is 29.1 Å². The van der Waals surface area contributed by atoms with Crippen molar-refractivity contribution in [1.82, 2.24) is 4.57 Å². The first-order chi connectivity index (χ1) is 14.4. The molecule has 150 valence electrons. The molecule has 0 aliphatic heterocycles. The Morgan fingerprint density at radius 2 is 1.83 bits per heavy atom. The van der Waals surface area contributed by atoms with Crippen molar-refractivity contribution in [1.29, 1.82) is 10.5 Å². The van der Waals surface area contributed by atoms with Crippen LogP contribution in [0.15, 0.2) is 47.2 Å². The van der Waals surface area contributed by atoms with Gasteiger partial charge in [-0.15, -0.1) is 17.8 Å². The van der Waals surface area contributed by atoms with Crippen LogP contribution in [-0.2, 0) is 13.5 Å². The summed E-state index contributed by atoms with van der Waals surface area (Å²) in [6, 6.07) is 11.5. The van der Waals surface area contributed by atoms with Crippen LogP contribution in [0.3, 0.4) is 0 Å². The molecule has 0 atom stereocenters. The zero-order valence-electron chi connectivity index (χ0n) is 17.4. The van der Waals surface area contributed by atoms with Crippen LogP contribution in [0.25, 0.3) is 16.7 Å². The largest absolute Gasteiger partial charge is 0.342 e. The molecule has 1 amide bonds. The van der Waals surface area contributed by atoms with Crippen molar-refractivity contribution in [2.24, 2.45) is 12.2 Å². The monoisotopic (exact) mass is 398 g/mol. The fourth-order valence-electron chi connectivity index (χ4n) is 3.32.